The van der Waals surface area contributed by atoms with Crippen molar-refractivity contribution in [2.45, 2.75) is 66.2 Å². The highest BCUT2D eigenvalue weighted by Gasteiger charge is 2.31. The van der Waals surface area contributed by atoms with Gasteiger partial charge in [-0.15, -0.1) is 0 Å². The van der Waals surface area contributed by atoms with E-state index < -0.39 is 0 Å². The SMILES string of the molecule is CCNc1cc(C)nc(C2CCC(C(C)(C)C)CC2)n1. The summed E-state index contributed by atoms with van der Waals surface area (Å²) in [7, 11) is 0. The van der Waals surface area contributed by atoms with Crippen molar-refractivity contribution in [2.24, 2.45) is 11.3 Å². The Bertz CT molecular complexity index is 440. The van der Waals surface area contributed by atoms with Crippen LogP contribution < -0.4 is 5.32 Å². The molecule has 1 aliphatic rings. The van der Waals surface area contributed by atoms with E-state index in [1.54, 1.807) is 0 Å². The Labute approximate surface area is 123 Å². The highest BCUT2D eigenvalue weighted by Crippen LogP contribution is 2.42. The van der Waals surface area contributed by atoms with Crippen LogP contribution in [-0.4, -0.2) is 16.5 Å². The molecule has 1 aliphatic carbocycles. The average Bonchev–Trinajstić information content (AvgIpc) is 2.37. The third-order valence-corrected chi connectivity index (χ3v) is 4.55. The monoisotopic (exact) mass is 275 g/mol. The summed E-state index contributed by atoms with van der Waals surface area (Å²) in [6, 6.07) is 2.04. The molecule has 1 fully saturated rings. The first kappa shape index (κ1) is 15.3. The second-order valence-electron chi connectivity index (χ2n) is 7.20. The number of hydrogen-bond acceptors (Lipinski definition) is 3. The van der Waals surface area contributed by atoms with Crippen molar-refractivity contribution in [3.8, 4) is 0 Å². The Morgan fingerprint density at radius 3 is 2.35 bits per heavy atom. The van der Waals surface area contributed by atoms with Crippen molar-refractivity contribution in [3.05, 3.63) is 17.6 Å². The van der Waals surface area contributed by atoms with Gasteiger partial charge in [0.25, 0.3) is 0 Å². The Hall–Kier alpha value is -1.12. The zero-order valence-corrected chi connectivity index (χ0v) is 13.7. The molecule has 0 spiro atoms. The number of anilines is 1. The molecule has 1 saturated carbocycles. The van der Waals surface area contributed by atoms with Gasteiger partial charge in [-0.1, -0.05) is 20.8 Å². The Morgan fingerprint density at radius 1 is 1.15 bits per heavy atom. The number of nitrogens with zero attached hydrogens (tertiary/aromatic N) is 2. The third-order valence-electron chi connectivity index (χ3n) is 4.55. The molecular formula is C17H29N3. The lowest BCUT2D eigenvalue weighted by Crippen LogP contribution is -2.26. The van der Waals surface area contributed by atoms with Gasteiger partial charge in [-0.05, 0) is 50.9 Å². The van der Waals surface area contributed by atoms with Crippen molar-refractivity contribution in [3.63, 3.8) is 0 Å². The summed E-state index contributed by atoms with van der Waals surface area (Å²) in [5.41, 5.74) is 1.51. The molecule has 3 heteroatoms. The number of hydrogen-bond donors (Lipinski definition) is 1. The second kappa shape index (κ2) is 6.11. The van der Waals surface area contributed by atoms with Crippen molar-refractivity contribution >= 4 is 5.82 Å². The molecule has 0 aliphatic heterocycles. The fraction of sp³-hybridized carbons (Fsp3) is 0.765. The zero-order chi connectivity index (χ0) is 14.8. The fourth-order valence-electron chi connectivity index (χ4n) is 3.26. The van der Waals surface area contributed by atoms with Gasteiger partial charge in [-0.2, -0.15) is 0 Å². The molecule has 20 heavy (non-hydrogen) atoms. The molecule has 1 aromatic heterocycles. The molecular weight excluding hydrogens is 246 g/mol. The van der Waals surface area contributed by atoms with Crippen molar-refractivity contribution in [2.75, 3.05) is 11.9 Å². The summed E-state index contributed by atoms with van der Waals surface area (Å²) in [5.74, 6) is 3.42. The van der Waals surface area contributed by atoms with Crippen LogP contribution in [0.5, 0.6) is 0 Å². The minimum atomic E-state index is 0.438. The highest BCUT2D eigenvalue weighted by atomic mass is 15.0. The van der Waals surface area contributed by atoms with Crippen LogP contribution in [0.2, 0.25) is 0 Å². The maximum atomic E-state index is 4.71. The van der Waals surface area contributed by atoms with Gasteiger partial charge in [0, 0.05) is 24.2 Å². The van der Waals surface area contributed by atoms with Gasteiger partial charge >= 0.3 is 0 Å². The summed E-state index contributed by atoms with van der Waals surface area (Å²) in [6.45, 7) is 12.2. The molecule has 0 radical (unpaired) electrons. The summed E-state index contributed by atoms with van der Waals surface area (Å²) < 4.78 is 0. The number of aromatic nitrogens is 2. The Balaban J connectivity index is 2.07. The zero-order valence-electron chi connectivity index (χ0n) is 13.7. The standard InChI is InChI=1S/C17H29N3/c1-6-18-15-11-12(2)19-16(20-15)13-7-9-14(10-8-13)17(3,4)5/h11,13-14H,6-10H2,1-5H3,(H,18,19,20). The van der Waals surface area contributed by atoms with Crippen LogP contribution in [0, 0.1) is 18.3 Å². The Kier molecular flexibility index (Phi) is 4.66. The maximum Gasteiger partial charge on any atom is 0.134 e. The summed E-state index contributed by atoms with van der Waals surface area (Å²) >= 11 is 0. The molecule has 0 saturated heterocycles. The van der Waals surface area contributed by atoms with Gasteiger partial charge in [0.1, 0.15) is 11.6 Å². The van der Waals surface area contributed by atoms with Gasteiger partial charge in [0.2, 0.25) is 0 Å². The summed E-state index contributed by atoms with van der Waals surface area (Å²) in [4.78, 5) is 9.39. The largest absolute Gasteiger partial charge is 0.370 e. The average molecular weight is 275 g/mol. The minimum absolute atomic E-state index is 0.438. The van der Waals surface area contributed by atoms with Gasteiger partial charge in [-0.25, -0.2) is 9.97 Å². The summed E-state index contributed by atoms with van der Waals surface area (Å²) in [5, 5.41) is 3.31. The van der Waals surface area contributed by atoms with E-state index in [1.165, 1.54) is 25.7 Å². The normalized spacial score (nSPS) is 23.6. The Morgan fingerprint density at radius 2 is 1.80 bits per heavy atom. The molecule has 0 amide bonds. The quantitative estimate of drug-likeness (QED) is 0.880. The lowest BCUT2D eigenvalue weighted by atomic mass is 9.69. The molecule has 112 valence electrons. The van der Waals surface area contributed by atoms with E-state index in [1.807, 2.05) is 6.07 Å². The summed E-state index contributed by atoms with van der Waals surface area (Å²) in [6.07, 6.45) is 5.08. The molecule has 0 aromatic carbocycles. The van der Waals surface area contributed by atoms with E-state index in [-0.39, 0.29) is 0 Å². The second-order valence-corrected chi connectivity index (χ2v) is 7.20. The molecule has 3 nitrogen and oxygen atoms in total. The number of nitrogens with one attached hydrogen (secondary N) is 1. The van der Waals surface area contributed by atoms with Gasteiger partial charge < -0.3 is 5.32 Å². The van der Waals surface area contributed by atoms with Crippen molar-refractivity contribution in [1.29, 1.82) is 0 Å². The first-order valence-corrected chi connectivity index (χ1v) is 7.99. The van der Waals surface area contributed by atoms with Crippen LogP contribution >= 0.6 is 0 Å². The third kappa shape index (κ3) is 3.71. The van der Waals surface area contributed by atoms with Gasteiger partial charge in [0.15, 0.2) is 0 Å². The predicted molar refractivity (Wildman–Crippen MR) is 85.1 cm³/mol. The van der Waals surface area contributed by atoms with Crippen molar-refractivity contribution < 1.29 is 0 Å². The van der Waals surface area contributed by atoms with Gasteiger partial charge in [0.05, 0.1) is 0 Å². The van der Waals surface area contributed by atoms with Crippen molar-refractivity contribution in [1.82, 2.24) is 9.97 Å². The fourth-order valence-corrected chi connectivity index (χ4v) is 3.26. The molecule has 0 unspecified atom stereocenters. The van der Waals surface area contributed by atoms with Crippen LogP contribution in [0.1, 0.15) is 70.8 Å². The van der Waals surface area contributed by atoms with Crippen LogP contribution in [0.3, 0.4) is 0 Å². The molecule has 1 heterocycles. The lowest BCUT2D eigenvalue weighted by molar-refractivity contribution is 0.167. The van der Waals surface area contributed by atoms with Crippen LogP contribution in [0.4, 0.5) is 5.82 Å². The van der Waals surface area contributed by atoms with Gasteiger partial charge in [-0.3, -0.25) is 0 Å². The smallest absolute Gasteiger partial charge is 0.134 e. The van der Waals surface area contributed by atoms with E-state index in [4.69, 9.17) is 4.98 Å². The van der Waals surface area contributed by atoms with E-state index in [0.717, 1.165) is 29.8 Å². The predicted octanol–water partition coefficient (Wildman–Crippen LogP) is 4.54. The molecule has 0 atom stereocenters. The number of aryl methyl sites for hydroxylation is 1. The number of rotatable bonds is 3. The molecule has 2 rings (SSSR count). The van der Waals surface area contributed by atoms with Crippen LogP contribution in [-0.2, 0) is 0 Å². The highest BCUT2D eigenvalue weighted by molar-refractivity contribution is 5.36. The van der Waals surface area contributed by atoms with Crippen LogP contribution in [0.25, 0.3) is 0 Å². The topological polar surface area (TPSA) is 37.8 Å². The minimum Gasteiger partial charge on any atom is -0.370 e. The van der Waals surface area contributed by atoms with E-state index in [9.17, 15) is 0 Å². The first-order valence-electron chi connectivity index (χ1n) is 7.99. The lowest BCUT2D eigenvalue weighted by Gasteiger charge is -2.36. The van der Waals surface area contributed by atoms with E-state index in [0.29, 0.717) is 11.3 Å². The van der Waals surface area contributed by atoms with E-state index >= 15 is 0 Å². The molecule has 1 aromatic rings. The first-order chi connectivity index (χ1) is 9.40. The van der Waals surface area contributed by atoms with Crippen LogP contribution in [0.15, 0.2) is 6.07 Å². The van der Waals surface area contributed by atoms with E-state index in [2.05, 4.69) is 44.9 Å². The maximum absolute atomic E-state index is 4.71. The molecule has 0 bridgehead atoms. The molecule has 1 N–H and O–H groups in total.